The average molecular weight is 350 g/mol. The van der Waals surface area contributed by atoms with Crippen LogP contribution in [-0.4, -0.2) is 15.2 Å². The number of amides is 1. The molecule has 0 N–H and O–H groups in total. The van der Waals surface area contributed by atoms with E-state index in [0.29, 0.717) is 4.32 Å². The van der Waals surface area contributed by atoms with Crippen molar-refractivity contribution in [3.63, 3.8) is 0 Å². The van der Waals surface area contributed by atoms with Gasteiger partial charge in [0, 0.05) is 5.39 Å². The number of para-hydroxylation sites is 2. The first-order chi connectivity index (χ1) is 11.6. The Bertz CT molecular complexity index is 956. The molecule has 1 aliphatic heterocycles. The fourth-order valence-electron chi connectivity index (χ4n) is 2.92. The van der Waals surface area contributed by atoms with E-state index in [0.717, 1.165) is 27.8 Å². The Morgan fingerprint density at radius 2 is 1.79 bits per heavy atom. The van der Waals surface area contributed by atoms with Crippen molar-refractivity contribution in [2.45, 2.75) is 12.2 Å². The number of thioether (sulfide) groups is 1. The number of nitrogens with zero attached hydrogens (tertiary/aromatic N) is 2. The first kappa shape index (κ1) is 15.3. The number of fused-ring (bicyclic) bond motifs is 1. The minimum absolute atomic E-state index is 0.0293. The molecule has 1 saturated heterocycles. The molecule has 3 aromatic rings. The van der Waals surface area contributed by atoms with Gasteiger partial charge >= 0.3 is 0 Å². The lowest BCUT2D eigenvalue weighted by Crippen LogP contribution is -2.29. The predicted octanol–water partition coefficient (Wildman–Crippen LogP) is 4.65. The zero-order valence-corrected chi connectivity index (χ0v) is 14.6. The zero-order chi connectivity index (χ0) is 16.7. The highest BCUT2D eigenvalue weighted by Crippen LogP contribution is 2.41. The number of carbonyl (C=O) groups is 1. The van der Waals surface area contributed by atoms with E-state index in [1.807, 2.05) is 67.6 Å². The summed E-state index contributed by atoms with van der Waals surface area (Å²) in [5.41, 5.74) is 3.60. The molecular weight excluding hydrogens is 336 g/mol. The largest absolute Gasteiger partial charge is 0.272 e. The predicted molar refractivity (Wildman–Crippen MR) is 103 cm³/mol. The Morgan fingerprint density at radius 1 is 1.08 bits per heavy atom. The van der Waals surface area contributed by atoms with Gasteiger partial charge in [0.15, 0.2) is 0 Å². The second kappa shape index (κ2) is 6.00. The van der Waals surface area contributed by atoms with E-state index in [-0.39, 0.29) is 11.2 Å². The standard InChI is InChI=1S/C19H14N2OS2/c1-12-11-16(20-15-10-6-5-9-14(12)15)17-18(22)21(19(23)24-17)13-7-3-2-4-8-13/h2-11,17H,1H3. The molecule has 0 radical (unpaired) electrons. The molecule has 5 heteroatoms. The first-order valence-corrected chi connectivity index (χ1v) is 8.90. The van der Waals surface area contributed by atoms with Crippen LogP contribution in [0.15, 0.2) is 60.7 Å². The maximum Gasteiger partial charge on any atom is 0.252 e. The van der Waals surface area contributed by atoms with Gasteiger partial charge in [0.2, 0.25) is 0 Å². The Hall–Kier alpha value is -2.24. The summed E-state index contributed by atoms with van der Waals surface area (Å²) in [5, 5.41) is 0.722. The molecule has 24 heavy (non-hydrogen) atoms. The molecule has 1 unspecified atom stereocenters. The summed E-state index contributed by atoms with van der Waals surface area (Å²) in [7, 11) is 0. The van der Waals surface area contributed by atoms with Gasteiger partial charge in [-0.05, 0) is 36.8 Å². The highest BCUT2D eigenvalue weighted by atomic mass is 32.2. The second-order valence-electron chi connectivity index (χ2n) is 5.65. The van der Waals surface area contributed by atoms with Crippen molar-refractivity contribution in [1.82, 2.24) is 4.98 Å². The first-order valence-electron chi connectivity index (χ1n) is 7.61. The zero-order valence-electron chi connectivity index (χ0n) is 13.0. The number of thiocarbonyl (C=S) groups is 1. The molecule has 4 rings (SSSR count). The van der Waals surface area contributed by atoms with E-state index in [1.165, 1.54) is 11.8 Å². The number of rotatable bonds is 2. The highest BCUT2D eigenvalue weighted by Gasteiger charge is 2.39. The monoisotopic (exact) mass is 350 g/mol. The maximum absolute atomic E-state index is 12.9. The third-order valence-corrected chi connectivity index (χ3v) is 5.61. The Balaban J connectivity index is 1.76. The second-order valence-corrected chi connectivity index (χ2v) is 7.39. The summed E-state index contributed by atoms with van der Waals surface area (Å²) < 4.78 is 0.573. The minimum atomic E-state index is -0.388. The van der Waals surface area contributed by atoms with E-state index in [4.69, 9.17) is 17.2 Å². The van der Waals surface area contributed by atoms with Gasteiger partial charge in [-0.2, -0.15) is 0 Å². The number of pyridine rings is 1. The molecule has 0 saturated carbocycles. The lowest BCUT2D eigenvalue weighted by Gasteiger charge is -2.15. The van der Waals surface area contributed by atoms with Crippen LogP contribution < -0.4 is 4.90 Å². The lowest BCUT2D eigenvalue weighted by atomic mass is 10.1. The third-order valence-electron chi connectivity index (χ3n) is 4.07. The van der Waals surface area contributed by atoms with Crippen LogP contribution in [0.25, 0.3) is 10.9 Å². The van der Waals surface area contributed by atoms with Crippen LogP contribution in [0, 0.1) is 6.92 Å². The number of aryl methyl sites for hydroxylation is 1. The van der Waals surface area contributed by atoms with Gasteiger partial charge in [-0.25, -0.2) is 0 Å². The van der Waals surface area contributed by atoms with E-state index >= 15 is 0 Å². The van der Waals surface area contributed by atoms with Crippen molar-refractivity contribution in [1.29, 1.82) is 0 Å². The van der Waals surface area contributed by atoms with E-state index in [2.05, 4.69) is 0 Å². The van der Waals surface area contributed by atoms with Crippen LogP contribution in [0.1, 0.15) is 16.5 Å². The number of carbonyl (C=O) groups excluding carboxylic acids is 1. The topological polar surface area (TPSA) is 33.2 Å². The van der Waals surface area contributed by atoms with Crippen molar-refractivity contribution in [3.8, 4) is 0 Å². The van der Waals surface area contributed by atoms with Crippen molar-refractivity contribution < 1.29 is 4.79 Å². The van der Waals surface area contributed by atoms with Crippen LogP contribution in [0.5, 0.6) is 0 Å². The maximum atomic E-state index is 12.9. The normalized spacial score (nSPS) is 17.7. The van der Waals surface area contributed by atoms with Crippen LogP contribution in [0.3, 0.4) is 0 Å². The number of aromatic nitrogens is 1. The number of benzene rings is 2. The summed E-state index contributed by atoms with van der Waals surface area (Å²) in [4.78, 5) is 19.3. The molecule has 0 aliphatic carbocycles. The Kier molecular flexibility index (Phi) is 3.82. The van der Waals surface area contributed by atoms with Crippen molar-refractivity contribution in [2.75, 3.05) is 4.90 Å². The highest BCUT2D eigenvalue weighted by molar-refractivity contribution is 8.24. The SMILES string of the molecule is Cc1cc(C2SC(=S)N(c3ccccc3)C2=O)nc2ccccc12. The Morgan fingerprint density at radius 3 is 2.58 bits per heavy atom. The number of hydrogen-bond acceptors (Lipinski definition) is 4. The Labute approximate surface area is 149 Å². The molecule has 1 fully saturated rings. The third kappa shape index (κ3) is 2.50. The molecule has 2 aromatic carbocycles. The summed E-state index contributed by atoms with van der Waals surface area (Å²) >= 11 is 6.84. The van der Waals surface area contributed by atoms with E-state index in [1.54, 1.807) is 4.90 Å². The summed E-state index contributed by atoms with van der Waals surface area (Å²) in [6, 6.07) is 19.5. The van der Waals surface area contributed by atoms with Gasteiger partial charge in [-0.1, -0.05) is 60.4 Å². The number of anilines is 1. The van der Waals surface area contributed by atoms with Crippen LogP contribution in [0.4, 0.5) is 5.69 Å². The quantitative estimate of drug-likeness (QED) is 0.630. The smallest absolute Gasteiger partial charge is 0.252 e. The van der Waals surface area contributed by atoms with E-state index in [9.17, 15) is 4.79 Å². The molecule has 2 heterocycles. The molecule has 118 valence electrons. The molecule has 1 aromatic heterocycles. The lowest BCUT2D eigenvalue weighted by molar-refractivity contribution is -0.117. The molecule has 1 amide bonds. The van der Waals surface area contributed by atoms with Gasteiger partial charge in [-0.15, -0.1) is 0 Å². The van der Waals surface area contributed by atoms with Gasteiger partial charge in [0.1, 0.15) is 9.57 Å². The molecule has 0 bridgehead atoms. The molecule has 3 nitrogen and oxygen atoms in total. The molecule has 1 atom stereocenters. The van der Waals surface area contributed by atoms with Gasteiger partial charge in [-0.3, -0.25) is 14.7 Å². The van der Waals surface area contributed by atoms with Gasteiger partial charge < -0.3 is 0 Å². The van der Waals surface area contributed by atoms with Crippen LogP contribution in [0.2, 0.25) is 0 Å². The van der Waals surface area contributed by atoms with Crippen molar-refractivity contribution >= 4 is 50.8 Å². The molecule has 0 spiro atoms. The van der Waals surface area contributed by atoms with E-state index < -0.39 is 0 Å². The van der Waals surface area contributed by atoms with Crippen LogP contribution in [-0.2, 0) is 4.79 Å². The molecule has 1 aliphatic rings. The van der Waals surface area contributed by atoms with Crippen molar-refractivity contribution in [2.24, 2.45) is 0 Å². The summed E-state index contributed by atoms with van der Waals surface area (Å²) in [6.07, 6.45) is 0. The number of hydrogen-bond donors (Lipinski definition) is 0. The van der Waals surface area contributed by atoms with Gasteiger partial charge in [0.25, 0.3) is 5.91 Å². The van der Waals surface area contributed by atoms with Crippen LogP contribution >= 0.6 is 24.0 Å². The minimum Gasteiger partial charge on any atom is -0.272 e. The average Bonchev–Trinajstić information content (AvgIpc) is 2.90. The summed E-state index contributed by atoms with van der Waals surface area (Å²) in [5.74, 6) is -0.0293. The van der Waals surface area contributed by atoms with Gasteiger partial charge in [0.05, 0.1) is 16.9 Å². The van der Waals surface area contributed by atoms with Crippen molar-refractivity contribution in [3.05, 3.63) is 71.9 Å². The fourth-order valence-corrected chi connectivity index (χ4v) is 4.35. The molecular formula is C19H14N2OS2. The fraction of sp³-hybridized carbons (Fsp3) is 0.105. The summed E-state index contributed by atoms with van der Waals surface area (Å²) in [6.45, 7) is 2.05.